The second kappa shape index (κ2) is 9.56. The number of fused-ring (bicyclic) bond motifs is 1. The molecular weight excluding hydrogens is 484 g/mol. The van der Waals surface area contributed by atoms with Gasteiger partial charge in [-0.25, -0.2) is 13.2 Å². The third-order valence-electron chi connectivity index (χ3n) is 5.88. The van der Waals surface area contributed by atoms with Gasteiger partial charge in [0.2, 0.25) is 0 Å². The van der Waals surface area contributed by atoms with E-state index in [4.69, 9.17) is 9.26 Å². The number of hydrogen-bond donors (Lipinski definition) is 2. The number of rotatable bonds is 7. The minimum atomic E-state index is -3.47. The number of benzene rings is 3. The molecule has 3 aromatic carbocycles. The zero-order chi connectivity index (χ0) is 26.1. The van der Waals surface area contributed by atoms with Crippen molar-refractivity contribution in [2.45, 2.75) is 23.8 Å². The van der Waals surface area contributed by atoms with Crippen LogP contribution < -0.4 is 15.7 Å². The zero-order valence-electron chi connectivity index (χ0n) is 19.8. The quantitative estimate of drug-likeness (QED) is 0.389. The van der Waals surface area contributed by atoms with Crippen LogP contribution in [0.25, 0.3) is 10.8 Å². The lowest BCUT2D eigenvalue weighted by Crippen LogP contribution is -2.42. The molecule has 4 aromatic rings. The highest BCUT2D eigenvalue weighted by Crippen LogP contribution is 2.30. The van der Waals surface area contributed by atoms with Gasteiger partial charge in [0.1, 0.15) is 5.75 Å². The first-order valence-corrected chi connectivity index (χ1v) is 12.8. The monoisotopic (exact) mass is 508 g/mol. The second-order valence-electron chi connectivity index (χ2n) is 8.46. The third-order valence-corrected chi connectivity index (χ3v) is 7.01. The summed E-state index contributed by atoms with van der Waals surface area (Å²) >= 11 is 0. The van der Waals surface area contributed by atoms with Gasteiger partial charge in [0, 0.05) is 23.8 Å². The van der Waals surface area contributed by atoms with Crippen LogP contribution in [0.3, 0.4) is 0 Å². The fourth-order valence-corrected chi connectivity index (χ4v) is 4.54. The average molecular weight is 509 g/mol. The summed E-state index contributed by atoms with van der Waals surface area (Å²) in [5, 5.41) is 19.0. The normalized spacial score (nSPS) is 13.2. The van der Waals surface area contributed by atoms with Crippen LogP contribution in [0.2, 0.25) is 0 Å². The summed E-state index contributed by atoms with van der Waals surface area (Å²) in [5.41, 5.74) is -1.05. The van der Waals surface area contributed by atoms with E-state index in [1.165, 1.54) is 43.5 Å². The highest BCUT2D eigenvalue weighted by molar-refractivity contribution is 7.90. The van der Waals surface area contributed by atoms with Gasteiger partial charge in [-0.3, -0.25) is 4.79 Å². The first-order valence-electron chi connectivity index (χ1n) is 10.9. The number of amides is 1. The molecule has 4 rings (SSSR count). The van der Waals surface area contributed by atoms with Gasteiger partial charge in [-0.05, 0) is 60.5 Å². The Kier molecular flexibility index (Phi) is 6.66. The molecule has 0 radical (unpaired) electrons. The van der Waals surface area contributed by atoms with Crippen molar-refractivity contribution in [1.29, 1.82) is 0 Å². The van der Waals surface area contributed by atoms with Crippen molar-refractivity contribution in [3.63, 3.8) is 0 Å². The average Bonchev–Trinajstić information content (AvgIpc) is 2.86. The van der Waals surface area contributed by atoms with E-state index in [0.717, 1.165) is 6.26 Å². The van der Waals surface area contributed by atoms with E-state index in [1.807, 2.05) is 0 Å². The molecule has 0 saturated carbocycles. The Morgan fingerprint density at radius 1 is 1.08 bits per heavy atom. The molecule has 1 aromatic heterocycles. The number of carbonyl (C=O) groups is 1. The van der Waals surface area contributed by atoms with Crippen molar-refractivity contribution in [2.24, 2.45) is 0 Å². The number of anilines is 1. The zero-order valence-corrected chi connectivity index (χ0v) is 20.6. The Balaban J connectivity index is 1.75. The summed E-state index contributed by atoms with van der Waals surface area (Å²) in [6, 6.07) is 17.1. The highest BCUT2D eigenvalue weighted by Gasteiger charge is 2.38. The standard InChI is InChI=1S/C26H24N2O7S/c1-16-23-14-19(9-12-22(23)24(29)35-28-16)27-25(30)26(31,15-17-5-4-6-20(13-17)34-2)18-7-10-21(11-8-18)36(3,32)33/h4-14,31H,15H2,1-3H3,(H,27,30). The first kappa shape index (κ1) is 25.1. The molecule has 1 atom stereocenters. The van der Waals surface area contributed by atoms with Crippen LogP contribution in [0.15, 0.2) is 80.9 Å². The molecule has 1 unspecified atom stereocenters. The van der Waals surface area contributed by atoms with E-state index < -0.39 is 27.0 Å². The molecule has 0 aliphatic heterocycles. The molecular formula is C26H24N2O7S. The molecule has 0 bridgehead atoms. The lowest BCUT2D eigenvalue weighted by atomic mass is 9.86. The number of aryl methyl sites for hydroxylation is 1. The van der Waals surface area contributed by atoms with Gasteiger partial charge in [0.05, 0.1) is 23.1 Å². The Morgan fingerprint density at radius 2 is 1.81 bits per heavy atom. The smallest absolute Gasteiger partial charge is 0.366 e. The number of ether oxygens (including phenoxy) is 1. The van der Waals surface area contributed by atoms with Crippen molar-refractivity contribution >= 4 is 32.2 Å². The van der Waals surface area contributed by atoms with E-state index in [2.05, 4.69) is 10.5 Å². The molecule has 0 aliphatic rings. The molecule has 1 heterocycles. The molecule has 0 saturated heterocycles. The SMILES string of the molecule is COc1cccc(CC(O)(C(=O)Nc2ccc3c(=O)onc(C)c3c2)c2ccc(S(C)(=O)=O)cc2)c1. The molecule has 0 aliphatic carbocycles. The van der Waals surface area contributed by atoms with Crippen LogP contribution in [0.5, 0.6) is 5.75 Å². The van der Waals surface area contributed by atoms with Crippen LogP contribution in [0.1, 0.15) is 16.8 Å². The Labute approximate surface area is 207 Å². The highest BCUT2D eigenvalue weighted by atomic mass is 32.2. The Bertz CT molecular complexity index is 1610. The number of sulfone groups is 1. The Morgan fingerprint density at radius 3 is 2.47 bits per heavy atom. The fourth-order valence-electron chi connectivity index (χ4n) is 3.91. The van der Waals surface area contributed by atoms with E-state index in [1.54, 1.807) is 37.3 Å². The second-order valence-corrected chi connectivity index (χ2v) is 10.5. The maximum atomic E-state index is 13.6. The van der Waals surface area contributed by atoms with Crippen LogP contribution in [-0.4, -0.2) is 38.0 Å². The minimum Gasteiger partial charge on any atom is -0.497 e. The van der Waals surface area contributed by atoms with Gasteiger partial charge in [-0.2, -0.15) is 0 Å². The number of nitrogens with zero attached hydrogens (tertiary/aromatic N) is 1. The van der Waals surface area contributed by atoms with Gasteiger partial charge in [-0.15, -0.1) is 0 Å². The van der Waals surface area contributed by atoms with Crippen LogP contribution >= 0.6 is 0 Å². The number of hydrogen-bond acceptors (Lipinski definition) is 8. The summed E-state index contributed by atoms with van der Waals surface area (Å²) < 4.78 is 33.8. The molecule has 9 nitrogen and oxygen atoms in total. The maximum absolute atomic E-state index is 13.6. The lowest BCUT2D eigenvalue weighted by Gasteiger charge is -2.28. The predicted molar refractivity (Wildman–Crippen MR) is 134 cm³/mol. The summed E-state index contributed by atoms with van der Waals surface area (Å²) in [6.45, 7) is 1.67. The molecule has 1 amide bonds. The van der Waals surface area contributed by atoms with E-state index in [-0.39, 0.29) is 16.9 Å². The maximum Gasteiger partial charge on any atom is 0.366 e. The minimum absolute atomic E-state index is 0.0618. The number of methoxy groups -OCH3 is 1. The van der Waals surface area contributed by atoms with Crippen LogP contribution in [-0.2, 0) is 26.7 Å². The van der Waals surface area contributed by atoms with Gasteiger partial charge in [-0.1, -0.05) is 29.4 Å². The van der Waals surface area contributed by atoms with Gasteiger partial charge in [0.25, 0.3) is 5.91 Å². The molecule has 0 fully saturated rings. The topological polar surface area (TPSA) is 136 Å². The molecule has 2 N–H and O–H groups in total. The first-order chi connectivity index (χ1) is 17.0. The summed E-state index contributed by atoms with van der Waals surface area (Å²) in [7, 11) is -1.96. The third kappa shape index (κ3) is 5.00. The summed E-state index contributed by atoms with van der Waals surface area (Å²) in [5.74, 6) is -0.190. The summed E-state index contributed by atoms with van der Waals surface area (Å²) in [4.78, 5) is 25.6. The number of aliphatic hydroxyl groups is 1. The van der Waals surface area contributed by atoms with Crippen molar-refractivity contribution < 1.29 is 27.6 Å². The summed E-state index contributed by atoms with van der Waals surface area (Å²) in [6.07, 6.45) is 0.959. The van der Waals surface area contributed by atoms with Crippen LogP contribution in [0, 0.1) is 6.92 Å². The van der Waals surface area contributed by atoms with E-state index >= 15 is 0 Å². The fraction of sp³-hybridized carbons (Fsp3) is 0.192. The predicted octanol–water partition coefficient (Wildman–Crippen LogP) is 2.98. The van der Waals surface area contributed by atoms with Crippen LogP contribution in [0.4, 0.5) is 5.69 Å². The van der Waals surface area contributed by atoms with Gasteiger partial charge >= 0.3 is 5.63 Å². The molecule has 0 spiro atoms. The van der Waals surface area contributed by atoms with Gasteiger partial charge in [0.15, 0.2) is 15.4 Å². The van der Waals surface area contributed by atoms with E-state index in [0.29, 0.717) is 33.5 Å². The van der Waals surface area contributed by atoms with Crippen molar-refractivity contribution in [1.82, 2.24) is 5.16 Å². The molecule has 186 valence electrons. The molecule has 10 heteroatoms. The van der Waals surface area contributed by atoms with Gasteiger partial charge < -0.3 is 19.7 Å². The van der Waals surface area contributed by atoms with Crippen molar-refractivity contribution in [2.75, 3.05) is 18.7 Å². The number of aromatic nitrogens is 1. The number of carbonyl (C=O) groups excluding carboxylic acids is 1. The molecule has 36 heavy (non-hydrogen) atoms. The largest absolute Gasteiger partial charge is 0.497 e. The lowest BCUT2D eigenvalue weighted by molar-refractivity contribution is -0.135. The number of nitrogens with one attached hydrogen (secondary N) is 1. The van der Waals surface area contributed by atoms with Crippen molar-refractivity contribution in [3.8, 4) is 5.75 Å². The Hall–Kier alpha value is -4.02. The van der Waals surface area contributed by atoms with Crippen molar-refractivity contribution in [3.05, 3.63) is 94.0 Å². The van der Waals surface area contributed by atoms with E-state index in [9.17, 15) is 23.1 Å².